The van der Waals surface area contributed by atoms with Crippen molar-refractivity contribution in [1.29, 1.82) is 0 Å². The van der Waals surface area contributed by atoms with Gasteiger partial charge in [-0.1, -0.05) is 0 Å². The molecule has 0 fully saturated rings. The second-order valence-electron chi connectivity index (χ2n) is 4.12. The molecule has 0 aliphatic carbocycles. The number of para-hydroxylation sites is 2. The molecule has 2 aromatic carbocycles. The Labute approximate surface area is 120 Å². The predicted octanol–water partition coefficient (Wildman–Crippen LogP) is 3.11. The molecule has 0 amide bonds. The van der Waals surface area contributed by atoms with E-state index in [0.29, 0.717) is 15.0 Å². The maximum atomic E-state index is 5.38. The second-order valence-corrected chi connectivity index (χ2v) is 6.18. The third kappa shape index (κ3) is 3.76. The molecule has 0 saturated heterocycles. The van der Waals surface area contributed by atoms with E-state index in [-0.39, 0.29) is 0 Å². The van der Waals surface area contributed by atoms with Crippen molar-refractivity contribution in [2.45, 2.75) is 10.6 Å². The van der Waals surface area contributed by atoms with Crippen LogP contribution in [0.15, 0.2) is 48.5 Å². The van der Waals surface area contributed by atoms with Gasteiger partial charge in [0, 0.05) is 0 Å². The van der Waals surface area contributed by atoms with E-state index in [1.165, 1.54) is 11.1 Å². The minimum atomic E-state index is 0.503. The molecule has 0 unspecified atom stereocenters. The van der Waals surface area contributed by atoms with Gasteiger partial charge in [-0.3, -0.25) is 0 Å². The molecule has 0 radical (unpaired) electrons. The van der Waals surface area contributed by atoms with Gasteiger partial charge in [0.25, 0.3) is 0 Å². The molecule has 0 spiro atoms. The Morgan fingerprint density at radius 2 is 1.16 bits per heavy atom. The van der Waals surface area contributed by atoms with Crippen molar-refractivity contribution < 1.29 is 9.47 Å². The summed E-state index contributed by atoms with van der Waals surface area (Å²) in [5.74, 6) is 1.98. The van der Waals surface area contributed by atoms with Gasteiger partial charge in [-0.2, -0.15) is 0 Å². The van der Waals surface area contributed by atoms with Gasteiger partial charge in [0.2, 0.25) is 0 Å². The van der Waals surface area contributed by atoms with Crippen LogP contribution in [0.1, 0.15) is 11.1 Å². The normalized spacial score (nSPS) is 10.2. The average molecular weight is 321 g/mol. The number of rotatable bonds is 6. The summed E-state index contributed by atoms with van der Waals surface area (Å²) >= 11 is 0.503. The average Bonchev–Trinajstić information content (AvgIpc) is 2.48. The van der Waals surface area contributed by atoms with Crippen LogP contribution in [0.25, 0.3) is 0 Å². The Hall–Kier alpha value is -1.44. The molecule has 2 rings (SSSR count). The summed E-state index contributed by atoms with van der Waals surface area (Å²) in [5, 5.41) is 2.16. The van der Waals surface area contributed by atoms with Crippen LogP contribution in [-0.4, -0.2) is 29.2 Å². The van der Waals surface area contributed by atoms with E-state index in [1.807, 2.05) is 24.3 Å². The van der Waals surface area contributed by atoms with E-state index in [4.69, 9.17) is 9.47 Å². The summed E-state index contributed by atoms with van der Waals surface area (Å²) in [6.07, 6.45) is 0. The fourth-order valence-electron chi connectivity index (χ4n) is 1.92. The van der Waals surface area contributed by atoms with Crippen LogP contribution in [0.2, 0.25) is 0 Å². The van der Waals surface area contributed by atoms with E-state index >= 15 is 0 Å². The van der Waals surface area contributed by atoms with Gasteiger partial charge in [-0.05, 0) is 0 Å². The quantitative estimate of drug-likeness (QED) is 0.761. The van der Waals surface area contributed by atoms with E-state index in [9.17, 15) is 0 Å². The second kappa shape index (κ2) is 7.22. The summed E-state index contributed by atoms with van der Waals surface area (Å²) in [6, 6.07) is 16.5. The molecule has 19 heavy (non-hydrogen) atoms. The fourth-order valence-corrected chi connectivity index (χ4v) is 4.05. The molecule has 100 valence electrons. The molecule has 0 heterocycles. The monoisotopic (exact) mass is 322 g/mol. The molecular weight excluding hydrogens is 303 g/mol. The van der Waals surface area contributed by atoms with Gasteiger partial charge in [-0.15, -0.1) is 0 Å². The van der Waals surface area contributed by atoms with Crippen LogP contribution in [0.5, 0.6) is 11.5 Å². The number of ether oxygens (including phenoxy) is 2. The first-order valence-electron chi connectivity index (χ1n) is 6.16. The summed E-state index contributed by atoms with van der Waals surface area (Å²) in [7, 11) is 3.46. The molecule has 0 atom stereocenters. The molecule has 0 bridgehead atoms. The Morgan fingerprint density at radius 3 is 1.58 bits per heavy atom. The molecule has 0 aromatic heterocycles. The first kappa shape index (κ1) is 14.0. The van der Waals surface area contributed by atoms with Gasteiger partial charge < -0.3 is 0 Å². The zero-order valence-corrected chi connectivity index (χ0v) is 13.0. The zero-order valence-electron chi connectivity index (χ0n) is 11.3. The third-order valence-electron chi connectivity index (χ3n) is 2.90. The number of methoxy groups -OCH3 is 2. The minimum absolute atomic E-state index is 0.503. The SMILES string of the molecule is COc1ccccc1C[Se]Cc1ccccc1OC. The first-order chi connectivity index (χ1) is 9.35. The van der Waals surface area contributed by atoms with Crippen LogP contribution in [0.4, 0.5) is 0 Å². The van der Waals surface area contributed by atoms with Crippen molar-refractivity contribution in [1.82, 2.24) is 0 Å². The van der Waals surface area contributed by atoms with Gasteiger partial charge in [-0.25, -0.2) is 0 Å². The standard InChI is InChI=1S/C16H18O2Se/c1-17-15-9-5-3-7-13(15)11-19-12-14-8-4-6-10-16(14)18-2/h3-10H,11-12H2,1-2H3. The van der Waals surface area contributed by atoms with E-state index < -0.39 is 0 Å². The van der Waals surface area contributed by atoms with Crippen molar-refractivity contribution in [2.24, 2.45) is 0 Å². The molecule has 0 saturated carbocycles. The molecule has 2 aromatic rings. The molecule has 2 nitrogen and oxygen atoms in total. The van der Waals surface area contributed by atoms with Crippen LogP contribution in [-0.2, 0) is 10.6 Å². The summed E-state index contributed by atoms with van der Waals surface area (Å²) < 4.78 is 10.8. The molecular formula is C16H18O2Se. The van der Waals surface area contributed by atoms with Gasteiger partial charge >= 0.3 is 120 Å². The first-order valence-corrected chi connectivity index (χ1v) is 8.59. The van der Waals surface area contributed by atoms with Crippen LogP contribution >= 0.6 is 0 Å². The number of benzene rings is 2. The van der Waals surface area contributed by atoms with Gasteiger partial charge in [0.15, 0.2) is 0 Å². The molecule has 3 heteroatoms. The van der Waals surface area contributed by atoms with Crippen molar-refractivity contribution in [3.05, 3.63) is 59.7 Å². The van der Waals surface area contributed by atoms with Crippen LogP contribution in [0, 0.1) is 0 Å². The van der Waals surface area contributed by atoms with Crippen LogP contribution in [0.3, 0.4) is 0 Å². The van der Waals surface area contributed by atoms with Gasteiger partial charge in [0.05, 0.1) is 0 Å². The Balaban J connectivity index is 1.96. The topological polar surface area (TPSA) is 18.5 Å². The van der Waals surface area contributed by atoms with Crippen molar-refractivity contribution in [3.63, 3.8) is 0 Å². The third-order valence-corrected chi connectivity index (χ3v) is 5.06. The number of hydrogen-bond acceptors (Lipinski definition) is 2. The van der Waals surface area contributed by atoms with E-state index in [2.05, 4.69) is 24.3 Å². The Morgan fingerprint density at radius 1 is 0.737 bits per heavy atom. The molecule has 0 aliphatic heterocycles. The summed E-state index contributed by atoms with van der Waals surface area (Å²) in [5.41, 5.74) is 2.58. The summed E-state index contributed by atoms with van der Waals surface area (Å²) in [6.45, 7) is 0. The Kier molecular flexibility index (Phi) is 5.31. The zero-order chi connectivity index (χ0) is 13.5. The number of hydrogen-bond donors (Lipinski definition) is 0. The summed E-state index contributed by atoms with van der Waals surface area (Å²) in [4.78, 5) is 0. The maximum absolute atomic E-state index is 5.38. The van der Waals surface area contributed by atoms with Crippen molar-refractivity contribution in [3.8, 4) is 11.5 Å². The predicted molar refractivity (Wildman–Crippen MR) is 79.2 cm³/mol. The molecule has 0 N–H and O–H groups in total. The van der Waals surface area contributed by atoms with E-state index in [1.54, 1.807) is 14.2 Å². The Bertz CT molecular complexity index is 478. The van der Waals surface area contributed by atoms with E-state index in [0.717, 1.165) is 22.1 Å². The fraction of sp³-hybridized carbons (Fsp3) is 0.250. The van der Waals surface area contributed by atoms with Gasteiger partial charge in [0.1, 0.15) is 0 Å². The van der Waals surface area contributed by atoms with Crippen molar-refractivity contribution in [2.75, 3.05) is 14.2 Å². The molecule has 0 aliphatic rings. The van der Waals surface area contributed by atoms with Crippen molar-refractivity contribution >= 4 is 15.0 Å². The van der Waals surface area contributed by atoms with Crippen LogP contribution < -0.4 is 9.47 Å².